The highest BCUT2D eigenvalue weighted by Gasteiger charge is 2.28. The molecule has 1 saturated heterocycles. The molecule has 1 fully saturated rings. The van der Waals surface area contributed by atoms with Gasteiger partial charge in [0.25, 0.3) is 0 Å². The fourth-order valence-corrected chi connectivity index (χ4v) is 2.89. The van der Waals surface area contributed by atoms with E-state index < -0.39 is 5.54 Å². The molecule has 1 heterocycles. The van der Waals surface area contributed by atoms with Crippen molar-refractivity contribution in [2.24, 2.45) is 11.7 Å². The van der Waals surface area contributed by atoms with E-state index >= 15 is 0 Å². The van der Waals surface area contributed by atoms with E-state index in [0.29, 0.717) is 0 Å². The lowest BCUT2D eigenvalue weighted by molar-refractivity contribution is 0.169. The number of aliphatic hydroxyl groups excluding tert-OH is 1. The van der Waals surface area contributed by atoms with Gasteiger partial charge in [-0.1, -0.05) is 43.7 Å². The first kappa shape index (κ1) is 14.5. The van der Waals surface area contributed by atoms with Gasteiger partial charge in [-0.05, 0) is 30.9 Å². The molecule has 0 bridgehead atoms. The highest BCUT2D eigenvalue weighted by Crippen LogP contribution is 2.24. The van der Waals surface area contributed by atoms with E-state index in [-0.39, 0.29) is 6.61 Å². The van der Waals surface area contributed by atoms with Gasteiger partial charge in [0, 0.05) is 13.1 Å². The standard InChI is InChI=1S/C16H26N2O/c1-2-14-8-10-18(12-14)11-9-16(17,13-19)15-6-4-3-5-7-15/h3-7,14,19H,2,8-13,17H2,1H3. The van der Waals surface area contributed by atoms with Crippen molar-refractivity contribution < 1.29 is 5.11 Å². The Labute approximate surface area is 116 Å². The number of nitrogens with two attached hydrogens (primary N) is 1. The van der Waals surface area contributed by atoms with Crippen molar-refractivity contribution in [3.8, 4) is 0 Å². The minimum absolute atomic E-state index is 0.00204. The summed E-state index contributed by atoms with van der Waals surface area (Å²) < 4.78 is 0. The third-order valence-corrected chi connectivity index (χ3v) is 4.45. The van der Waals surface area contributed by atoms with Crippen LogP contribution in [0, 0.1) is 5.92 Å². The van der Waals surface area contributed by atoms with Crippen LogP contribution in [-0.4, -0.2) is 36.2 Å². The van der Waals surface area contributed by atoms with E-state index in [9.17, 15) is 5.11 Å². The second-order valence-corrected chi connectivity index (χ2v) is 5.79. The molecule has 1 aliphatic heterocycles. The fourth-order valence-electron chi connectivity index (χ4n) is 2.89. The number of hydrogen-bond acceptors (Lipinski definition) is 3. The smallest absolute Gasteiger partial charge is 0.0656 e. The molecule has 3 N–H and O–H groups in total. The lowest BCUT2D eigenvalue weighted by atomic mass is 9.88. The Morgan fingerprint density at radius 2 is 2.11 bits per heavy atom. The van der Waals surface area contributed by atoms with Crippen LogP contribution in [-0.2, 0) is 5.54 Å². The van der Waals surface area contributed by atoms with Crippen molar-refractivity contribution in [1.29, 1.82) is 0 Å². The van der Waals surface area contributed by atoms with E-state index in [0.717, 1.165) is 24.4 Å². The Morgan fingerprint density at radius 1 is 1.37 bits per heavy atom. The topological polar surface area (TPSA) is 49.5 Å². The summed E-state index contributed by atoms with van der Waals surface area (Å²) in [5.41, 5.74) is 6.81. The van der Waals surface area contributed by atoms with Gasteiger partial charge in [-0.15, -0.1) is 0 Å². The largest absolute Gasteiger partial charge is 0.394 e. The second-order valence-electron chi connectivity index (χ2n) is 5.79. The average molecular weight is 262 g/mol. The molecular weight excluding hydrogens is 236 g/mol. The van der Waals surface area contributed by atoms with E-state index in [1.807, 2.05) is 30.3 Å². The molecule has 0 saturated carbocycles. The molecule has 1 aromatic rings. The van der Waals surface area contributed by atoms with Gasteiger partial charge in [-0.3, -0.25) is 0 Å². The molecule has 0 amide bonds. The quantitative estimate of drug-likeness (QED) is 0.824. The zero-order valence-electron chi connectivity index (χ0n) is 11.9. The average Bonchev–Trinajstić information content (AvgIpc) is 2.94. The molecule has 0 aliphatic carbocycles. The molecule has 3 heteroatoms. The highest BCUT2D eigenvalue weighted by atomic mass is 16.3. The summed E-state index contributed by atoms with van der Waals surface area (Å²) in [6.07, 6.45) is 3.38. The zero-order valence-corrected chi connectivity index (χ0v) is 11.9. The molecule has 19 heavy (non-hydrogen) atoms. The summed E-state index contributed by atoms with van der Waals surface area (Å²) in [7, 11) is 0. The first-order valence-corrected chi connectivity index (χ1v) is 7.35. The Hall–Kier alpha value is -0.900. The molecule has 3 nitrogen and oxygen atoms in total. The first-order valence-electron chi connectivity index (χ1n) is 7.35. The van der Waals surface area contributed by atoms with Crippen LogP contribution in [0.2, 0.25) is 0 Å². The van der Waals surface area contributed by atoms with E-state index in [1.165, 1.54) is 25.9 Å². The number of hydrogen-bond donors (Lipinski definition) is 2. The van der Waals surface area contributed by atoms with Crippen LogP contribution >= 0.6 is 0 Å². The summed E-state index contributed by atoms with van der Waals surface area (Å²) in [5, 5.41) is 9.67. The van der Waals surface area contributed by atoms with Crippen LogP contribution < -0.4 is 5.73 Å². The second kappa shape index (κ2) is 6.51. The summed E-state index contributed by atoms with van der Waals surface area (Å²) in [5.74, 6) is 0.845. The van der Waals surface area contributed by atoms with Crippen LogP contribution in [0.3, 0.4) is 0 Å². The van der Waals surface area contributed by atoms with Crippen molar-refractivity contribution in [3.63, 3.8) is 0 Å². The Balaban J connectivity index is 1.93. The van der Waals surface area contributed by atoms with Crippen LogP contribution in [0.4, 0.5) is 0 Å². The number of likely N-dealkylation sites (tertiary alicyclic amines) is 1. The SMILES string of the molecule is CCC1CCN(CCC(N)(CO)c2ccccc2)C1. The normalized spacial score (nSPS) is 23.4. The van der Waals surface area contributed by atoms with Gasteiger partial charge in [0.05, 0.1) is 12.1 Å². The molecule has 0 aromatic heterocycles. The number of aliphatic hydroxyl groups is 1. The monoisotopic (exact) mass is 262 g/mol. The highest BCUT2D eigenvalue weighted by molar-refractivity contribution is 5.24. The number of benzene rings is 1. The van der Waals surface area contributed by atoms with Gasteiger partial charge in [0.2, 0.25) is 0 Å². The minimum atomic E-state index is -0.606. The van der Waals surface area contributed by atoms with Gasteiger partial charge < -0.3 is 15.7 Å². The van der Waals surface area contributed by atoms with E-state index in [2.05, 4.69) is 11.8 Å². The molecule has 2 rings (SSSR count). The van der Waals surface area contributed by atoms with Gasteiger partial charge in [0.1, 0.15) is 0 Å². The van der Waals surface area contributed by atoms with Crippen LogP contribution in [0.15, 0.2) is 30.3 Å². The predicted octanol–water partition coefficient (Wildman–Crippen LogP) is 1.95. The van der Waals surface area contributed by atoms with Crippen molar-refractivity contribution in [2.75, 3.05) is 26.2 Å². The van der Waals surface area contributed by atoms with Crippen molar-refractivity contribution in [1.82, 2.24) is 4.90 Å². The minimum Gasteiger partial charge on any atom is -0.394 e. The predicted molar refractivity (Wildman–Crippen MR) is 78.8 cm³/mol. The zero-order chi connectivity index (χ0) is 13.7. The van der Waals surface area contributed by atoms with Gasteiger partial charge in [-0.25, -0.2) is 0 Å². The van der Waals surface area contributed by atoms with Crippen LogP contribution in [0.1, 0.15) is 31.7 Å². The molecule has 2 atom stereocenters. The summed E-state index contributed by atoms with van der Waals surface area (Å²) in [6, 6.07) is 9.96. The van der Waals surface area contributed by atoms with Crippen LogP contribution in [0.25, 0.3) is 0 Å². The maximum Gasteiger partial charge on any atom is 0.0656 e. The molecule has 1 aromatic carbocycles. The first-order chi connectivity index (χ1) is 9.18. The number of rotatable bonds is 6. The summed E-state index contributed by atoms with van der Waals surface area (Å²) in [4.78, 5) is 2.48. The van der Waals surface area contributed by atoms with E-state index in [1.54, 1.807) is 0 Å². The maximum absolute atomic E-state index is 9.67. The van der Waals surface area contributed by atoms with Gasteiger partial charge in [0.15, 0.2) is 0 Å². The molecular formula is C16H26N2O. The Morgan fingerprint density at radius 3 is 2.68 bits per heavy atom. The van der Waals surface area contributed by atoms with Crippen molar-refractivity contribution in [3.05, 3.63) is 35.9 Å². The molecule has 106 valence electrons. The molecule has 1 aliphatic rings. The Bertz CT molecular complexity index is 382. The van der Waals surface area contributed by atoms with E-state index in [4.69, 9.17) is 5.73 Å². The lowest BCUT2D eigenvalue weighted by Gasteiger charge is -2.30. The summed E-state index contributed by atoms with van der Waals surface area (Å²) >= 11 is 0. The third-order valence-electron chi connectivity index (χ3n) is 4.45. The molecule has 0 radical (unpaired) electrons. The van der Waals surface area contributed by atoms with Crippen LogP contribution in [0.5, 0.6) is 0 Å². The fraction of sp³-hybridized carbons (Fsp3) is 0.625. The number of nitrogens with zero attached hydrogens (tertiary/aromatic N) is 1. The molecule has 2 unspecified atom stereocenters. The third kappa shape index (κ3) is 3.56. The Kier molecular flexibility index (Phi) is 4.97. The van der Waals surface area contributed by atoms with Gasteiger partial charge >= 0.3 is 0 Å². The van der Waals surface area contributed by atoms with Gasteiger partial charge in [-0.2, -0.15) is 0 Å². The summed E-state index contributed by atoms with van der Waals surface area (Å²) in [6.45, 7) is 5.60. The van der Waals surface area contributed by atoms with Crippen molar-refractivity contribution in [2.45, 2.75) is 31.7 Å². The molecule has 0 spiro atoms. The van der Waals surface area contributed by atoms with Crippen molar-refractivity contribution >= 4 is 0 Å². The lowest BCUT2D eigenvalue weighted by Crippen LogP contribution is -2.43. The maximum atomic E-state index is 9.67.